The zero-order valence-corrected chi connectivity index (χ0v) is 16.2. The molecule has 0 spiro atoms. The number of nitrogens with zero attached hydrogens (tertiary/aromatic N) is 2. The van der Waals surface area contributed by atoms with Gasteiger partial charge in [-0.2, -0.15) is 17.9 Å². The van der Waals surface area contributed by atoms with Gasteiger partial charge in [-0.25, -0.2) is 0 Å². The van der Waals surface area contributed by atoms with Crippen LogP contribution in [0.3, 0.4) is 0 Å². The summed E-state index contributed by atoms with van der Waals surface area (Å²) in [6, 6.07) is 16.2. The first-order valence-electron chi connectivity index (χ1n) is 8.12. The predicted octanol–water partition coefficient (Wildman–Crippen LogP) is 5.13. The van der Waals surface area contributed by atoms with Crippen molar-refractivity contribution in [3.05, 3.63) is 88.3 Å². The first kappa shape index (κ1) is 18.1. The Kier molecular flexibility index (Phi) is 4.72. The summed E-state index contributed by atoms with van der Waals surface area (Å²) in [6.45, 7) is 0. The van der Waals surface area contributed by atoms with E-state index in [1.807, 2.05) is 0 Å². The van der Waals surface area contributed by atoms with E-state index in [-0.39, 0.29) is 4.90 Å². The molecule has 0 saturated carbocycles. The van der Waals surface area contributed by atoms with Gasteiger partial charge in [-0.1, -0.05) is 41.4 Å². The molecule has 0 aliphatic carbocycles. The van der Waals surface area contributed by atoms with Gasteiger partial charge in [0.05, 0.1) is 17.2 Å². The van der Waals surface area contributed by atoms with Crippen molar-refractivity contribution in [2.75, 3.05) is 0 Å². The SMILES string of the molecule is O=S(=O)(c1cccc(Cl)c1)N1N=C(c2ccco2)C[C@@H]1c1ccc(Cl)cc1. The molecule has 138 valence electrons. The van der Waals surface area contributed by atoms with E-state index < -0.39 is 16.1 Å². The molecule has 0 bridgehead atoms. The molecule has 0 fully saturated rings. The van der Waals surface area contributed by atoms with Crippen LogP contribution >= 0.6 is 23.2 Å². The average Bonchev–Trinajstić information content (AvgIpc) is 3.32. The molecule has 0 N–H and O–H groups in total. The van der Waals surface area contributed by atoms with Gasteiger partial charge in [-0.3, -0.25) is 0 Å². The number of rotatable bonds is 4. The Labute approximate surface area is 166 Å². The zero-order valence-electron chi connectivity index (χ0n) is 13.9. The molecule has 1 aliphatic rings. The van der Waals surface area contributed by atoms with Gasteiger partial charge in [0.1, 0.15) is 11.5 Å². The van der Waals surface area contributed by atoms with Crippen LogP contribution in [0.25, 0.3) is 0 Å². The topological polar surface area (TPSA) is 62.9 Å². The lowest BCUT2D eigenvalue weighted by atomic mass is 10.0. The molecule has 5 nitrogen and oxygen atoms in total. The third kappa shape index (κ3) is 3.48. The Balaban J connectivity index is 1.80. The van der Waals surface area contributed by atoms with E-state index in [0.29, 0.717) is 27.9 Å². The Morgan fingerprint density at radius 3 is 2.44 bits per heavy atom. The predicted molar refractivity (Wildman–Crippen MR) is 105 cm³/mol. The minimum atomic E-state index is -3.91. The van der Waals surface area contributed by atoms with Crippen LogP contribution in [0.15, 0.2) is 81.3 Å². The third-order valence-corrected chi connectivity index (χ3v) is 6.44. The molecule has 1 aliphatic heterocycles. The van der Waals surface area contributed by atoms with Crippen molar-refractivity contribution in [1.82, 2.24) is 4.41 Å². The number of sulfonamides is 1. The van der Waals surface area contributed by atoms with Crippen molar-refractivity contribution in [2.45, 2.75) is 17.4 Å². The first-order valence-corrected chi connectivity index (χ1v) is 10.3. The lowest BCUT2D eigenvalue weighted by molar-refractivity contribution is 0.371. The lowest BCUT2D eigenvalue weighted by Gasteiger charge is -2.23. The number of hydrazone groups is 1. The maximum absolute atomic E-state index is 13.3. The Morgan fingerprint density at radius 2 is 1.78 bits per heavy atom. The molecule has 4 rings (SSSR count). The summed E-state index contributed by atoms with van der Waals surface area (Å²) in [5, 5.41) is 5.30. The lowest BCUT2D eigenvalue weighted by Crippen LogP contribution is -2.27. The van der Waals surface area contributed by atoms with E-state index in [0.717, 1.165) is 9.98 Å². The molecule has 1 atom stereocenters. The van der Waals surface area contributed by atoms with Crippen LogP contribution in [0, 0.1) is 0 Å². The van der Waals surface area contributed by atoms with Crippen molar-refractivity contribution in [1.29, 1.82) is 0 Å². The smallest absolute Gasteiger partial charge is 0.279 e. The van der Waals surface area contributed by atoms with Gasteiger partial charge >= 0.3 is 0 Å². The minimum Gasteiger partial charge on any atom is -0.463 e. The van der Waals surface area contributed by atoms with Crippen molar-refractivity contribution in [3.8, 4) is 0 Å². The second-order valence-electron chi connectivity index (χ2n) is 6.03. The fraction of sp³-hybridized carbons (Fsp3) is 0.105. The number of halogens is 2. The largest absolute Gasteiger partial charge is 0.463 e. The van der Waals surface area contributed by atoms with Crippen LogP contribution in [0.4, 0.5) is 0 Å². The van der Waals surface area contributed by atoms with E-state index in [4.69, 9.17) is 27.6 Å². The maximum atomic E-state index is 13.3. The molecule has 0 amide bonds. The van der Waals surface area contributed by atoms with E-state index >= 15 is 0 Å². The zero-order chi connectivity index (χ0) is 19.0. The summed E-state index contributed by atoms with van der Waals surface area (Å²) in [5.41, 5.74) is 1.35. The number of hydrogen-bond donors (Lipinski definition) is 0. The van der Waals surface area contributed by atoms with Gasteiger partial charge in [0.15, 0.2) is 0 Å². The molecular formula is C19H14Cl2N2O3S. The van der Waals surface area contributed by atoms with Crippen LogP contribution in [0.1, 0.15) is 23.8 Å². The van der Waals surface area contributed by atoms with Crippen molar-refractivity contribution >= 4 is 38.9 Å². The quantitative estimate of drug-likeness (QED) is 0.587. The highest BCUT2D eigenvalue weighted by atomic mass is 35.5. The normalized spacial score (nSPS) is 17.2. The summed E-state index contributed by atoms with van der Waals surface area (Å²) in [4.78, 5) is 0.0819. The Hall–Kier alpha value is -2.28. The second kappa shape index (κ2) is 7.03. The van der Waals surface area contributed by atoms with Crippen molar-refractivity contribution < 1.29 is 12.8 Å². The van der Waals surface area contributed by atoms with Gasteiger partial charge < -0.3 is 4.42 Å². The highest BCUT2D eigenvalue weighted by Gasteiger charge is 2.38. The average molecular weight is 421 g/mol. The molecule has 27 heavy (non-hydrogen) atoms. The fourth-order valence-corrected chi connectivity index (χ4v) is 4.83. The molecule has 2 heterocycles. The van der Waals surface area contributed by atoms with Crippen LogP contribution in [0.5, 0.6) is 0 Å². The van der Waals surface area contributed by atoms with Gasteiger partial charge in [0.25, 0.3) is 10.0 Å². The Morgan fingerprint density at radius 1 is 1.00 bits per heavy atom. The molecule has 0 saturated heterocycles. The maximum Gasteiger partial charge on any atom is 0.279 e. The van der Waals surface area contributed by atoms with Gasteiger partial charge in [0, 0.05) is 16.5 Å². The van der Waals surface area contributed by atoms with Crippen LogP contribution < -0.4 is 0 Å². The highest BCUT2D eigenvalue weighted by molar-refractivity contribution is 7.89. The monoisotopic (exact) mass is 420 g/mol. The summed E-state index contributed by atoms with van der Waals surface area (Å²) < 4.78 is 33.0. The molecule has 3 aromatic rings. The van der Waals surface area contributed by atoms with Crippen LogP contribution in [-0.4, -0.2) is 18.5 Å². The molecule has 1 aromatic heterocycles. The van der Waals surface area contributed by atoms with E-state index in [2.05, 4.69) is 5.10 Å². The highest BCUT2D eigenvalue weighted by Crippen LogP contribution is 2.37. The summed E-state index contributed by atoms with van der Waals surface area (Å²) >= 11 is 12.0. The Bertz CT molecular complexity index is 1090. The van der Waals surface area contributed by atoms with Crippen LogP contribution in [-0.2, 0) is 10.0 Å². The molecule has 2 aromatic carbocycles. The van der Waals surface area contributed by atoms with Crippen molar-refractivity contribution in [2.24, 2.45) is 5.10 Å². The van der Waals surface area contributed by atoms with Gasteiger partial charge in [-0.05, 0) is 48.0 Å². The van der Waals surface area contributed by atoms with Gasteiger partial charge in [-0.15, -0.1) is 0 Å². The first-order chi connectivity index (χ1) is 12.9. The summed E-state index contributed by atoms with van der Waals surface area (Å²) in [7, 11) is -3.91. The summed E-state index contributed by atoms with van der Waals surface area (Å²) in [6.07, 6.45) is 1.91. The summed E-state index contributed by atoms with van der Waals surface area (Å²) in [5.74, 6) is 0.540. The molecule has 8 heteroatoms. The van der Waals surface area contributed by atoms with E-state index in [1.165, 1.54) is 18.4 Å². The van der Waals surface area contributed by atoms with E-state index in [1.54, 1.807) is 48.5 Å². The standard InChI is InChI=1S/C19H14Cl2N2O3S/c20-14-8-6-13(7-9-14)18-12-17(19-5-2-10-26-19)22-23(18)27(24,25)16-4-1-3-15(21)11-16/h1-11,18H,12H2/t18-/m1/s1. The third-order valence-electron chi connectivity index (χ3n) is 4.27. The number of benzene rings is 2. The fourth-order valence-electron chi connectivity index (χ4n) is 2.97. The number of hydrogen-bond acceptors (Lipinski definition) is 4. The number of furan rings is 1. The molecular weight excluding hydrogens is 407 g/mol. The van der Waals surface area contributed by atoms with Crippen LogP contribution in [0.2, 0.25) is 10.0 Å². The minimum absolute atomic E-state index is 0.0819. The molecule has 0 radical (unpaired) electrons. The van der Waals surface area contributed by atoms with E-state index in [9.17, 15) is 8.42 Å². The van der Waals surface area contributed by atoms with Crippen molar-refractivity contribution in [3.63, 3.8) is 0 Å². The van der Waals surface area contributed by atoms with Gasteiger partial charge in [0.2, 0.25) is 0 Å². The molecule has 0 unspecified atom stereocenters. The second-order valence-corrected chi connectivity index (χ2v) is 8.70.